The normalized spacial score (nSPS) is 24.6. The van der Waals surface area contributed by atoms with Crippen molar-refractivity contribution in [2.75, 3.05) is 33.2 Å². The number of piperidine rings is 1. The minimum Gasteiger partial charge on any atom is -0.441 e. The van der Waals surface area contributed by atoms with Crippen molar-refractivity contribution in [1.82, 2.24) is 24.9 Å². The van der Waals surface area contributed by atoms with Crippen molar-refractivity contribution in [2.45, 2.75) is 38.1 Å². The standard InChI is InChI=1S/C15H23N5O2/c1-18-11-15(22-14(18)21)2-5-19(6-3-15)10-12-8-13-9-16-4-7-20(13)17-12/h8,16H,2-7,9-11H2,1H3. The molecule has 120 valence electrons. The molecule has 22 heavy (non-hydrogen) atoms. The minimum atomic E-state index is -0.250. The number of likely N-dealkylation sites (tertiary alicyclic amines) is 1. The number of fused-ring (bicyclic) bond motifs is 1. The molecule has 4 heterocycles. The average Bonchev–Trinajstić information content (AvgIpc) is 3.03. The summed E-state index contributed by atoms with van der Waals surface area (Å²) >= 11 is 0. The zero-order valence-electron chi connectivity index (χ0n) is 13.0. The Balaban J connectivity index is 1.36. The third kappa shape index (κ3) is 2.48. The first-order valence-electron chi connectivity index (χ1n) is 8.06. The SMILES string of the molecule is CN1CC2(CCN(Cc3cc4n(n3)CCNC4)CC2)OC1=O. The van der Waals surface area contributed by atoms with Crippen molar-refractivity contribution in [3.05, 3.63) is 17.5 Å². The number of nitrogens with zero attached hydrogens (tertiary/aromatic N) is 4. The van der Waals surface area contributed by atoms with Gasteiger partial charge in [-0.05, 0) is 6.07 Å². The van der Waals surface area contributed by atoms with Gasteiger partial charge in [-0.15, -0.1) is 0 Å². The summed E-state index contributed by atoms with van der Waals surface area (Å²) in [4.78, 5) is 15.7. The Morgan fingerprint density at radius 3 is 2.86 bits per heavy atom. The molecule has 0 unspecified atom stereocenters. The molecule has 0 aliphatic carbocycles. The van der Waals surface area contributed by atoms with Gasteiger partial charge in [-0.25, -0.2) is 4.79 Å². The third-order valence-electron chi connectivity index (χ3n) is 5.01. The molecule has 7 heteroatoms. The number of carbonyl (C=O) groups is 1. The largest absolute Gasteiger partial charge is 0.441 e. The van der Waals surface area contributed by atoms with Gasteiger partial charge in [0.1, 0.15) is 5.60 Å². The van der Waals surface area contributed by atoms with Gasteiger partial charge in [-0.3, -0.25) is 9.58 Å². The Bertz CT molecular complexity index is 553. The van der Waals surface area contributed by atoms with E-state index in [0.717, 1.165) is 64.3 Å². The number of hydrogen-bond acceptors (Lipinski definition) is 5. The van der Waals surface area contributed by atoms with Crippen LogP contribution in [0.2, 0.25) is 0 Å². The lowest BCUT2D eigenvalue weighted by Gasteiger charge is -2.37. The van der Waals surface area contributed by atoms with E-state index in [9.17, 15) is 4.79 Å². The second-order valence-electron chi connectivity index (χ2n) is 6.71. The third-order valence-corrected chi connectivity index (χ3v) is 5.01. The maximum Gasteiger partial charge on any atom is 0.410 e. The molecule has 0 radical (unpaired) electrons. The van der Waals surface area contributed by atoms with E-state index in [2.05, 4.69) is 21.0 Å². The van der Waals surface area contributed by atoms with Crippen LogP contribution in [0.4, 0.5) is 4.79 Å². The Kier molecular flexibility index (Phi) is 3.34. The molecule has 1 aromatic heterocycles. The van der Waals surface area contributed by atoms with Gasteiger partial charge in [0.25, 0.3) is 0 Å². The number of aromatic nitrogens is 2. The van der Waals surface area contributed by atoms with Gasteiger partial charge in [0.2, 0.25) is 0 Å². The highest BCUT2D eigenvalue weighted by molar-refractivity contribution is 5.70. The molecule has 0 aromatic carbocycles. The molecule has 2 saturated heterocycles. The smallest absolute Gasteiger partial charge is 0.410 e. The summed E-state index contributed by atoms with van der Waals surface area (Å²) in [6.07, 6.45) is 1.65. The lowest BCUT2D eigenvalue weighted by Crippen LogP contribution is -2.46. The van der Waals surface area contributed by atoms with Crippen LogP contribution < -0.4 is 5.32 Å². The van der Waals surface area contributed by atoms with Gasteiger partial charge in [0.05, 0.1) is 24.5 Å². The molecule has 1 amide bonds. The van der Waals surface area contributed by atoms with Crippen molar-refractivity contribution < 1.29 is 9.53 Å². The van der Waals surface area contributed by atoms with Gasteiger partial charge in [-0.2, -0.15) is 5.10 Å². The van der Waals surface area contributed by atoms with Crippen molar-refractivity contribution in [3.63, 3.8) is 0 Å². The number of rotatable bonds is 2. The Morgan fingerprint density at radius 2 is 2.18 bits per heavy atom. The lowest BCUT2D eigenvalue weighted by atomic mass is 9.91. The van der Waals surface area contributed by atoms with Crippen LogP contribution in [-0.4, -0.2) is 64.5 Å². The Morgan fingerprint density at radius 1 is 1.36 bits per heavy atom. The number of likely N-dealkylation sites (N-methyl/N-ethyl adjacent to an activating group) is 1. The molecule has 0 atom stereocenters. The molecule has 1 aromatic rings. The van der Waals surface area contributed by atoms with E-state index in [4.69, 9.17) is 9.84 Å². The summed E-state index contributed by atoms with van der Waals surface area (Å²) < 4.78 is 7.72. The Hall–Kier alpha value is -1.60. The monoisotopic (exact) mass is 305 g/mol. The van der Waals surface area contributed by atoms with Crippen LogP contribution in [0.1, 0.15) is 24.2 Å². The van der Waals surface area contributed by atoms with E-state index in [0.29, 0.717) is 0 Å². The number of amides is 1. The van der Waals surface area contributed by atoms with Crippen molar-refractivity contribution in [2.24, 2.45) is 0 Å². The van der Waals surface area contributed by atoms with E-state index >= 15 is 0 Å². The van der Waals surface area contributed by atoms with E-state index in [1.54, 1.807) is 4.90 Å². The second-order valence-corrected chi connectivity index (χ2v) is 6.71. The summed E-state index contributed by atoms with van der Waals surface area (Å²) in [5.74, 6) is 0. The van der Waals surface area contributed by atoms with Gasteiger partial charge in [0, 0.05) is 52.6 Å². The maximum atomic E-state index is 11.6. The first kappa shape index (κ1) is 14.0. The fourth-order valence-electron chi connectivity index (χ4n) is 3.73. The van der Waals surface area contributed by atoms with Gasteiger partial charge < -0.3 is 15.0 Å². The van der Waals surface area contributed by atoms with Crippen LogP contribution in [0.3, 0.4) is 0 Å². The van der Waals surface area contributed by atoms with Crippen LogP contribution in [-0.2, 0) is 24.4 Å². The second kappa shape index (κ2) is 5.24. The fourth-order valence-corrected chi connectivity index (χ4v) is 3.73. The fraction of sp³-hybridized carbons (Fsp3) is 0.733. The van der Waals surface area contributed by atoms with Gasteiger partial charge >= 0.3 is 6.09 Å². The summed E-state index contributed by atoms with van der Waals surface area (Å²) in [5.41, 5.74) is 2.18. The first-order valence-corrected chi connectivity index (χ1v) is 8.06. The van der Waals surface area contributed by atoms with Crippen LogP contribution in [0.25, 0.3) is 0 Å². The average molecular weight is 305 g/mol. The highest BCUT2D eigenvalue weighted by Crippen LogP contribution is 2.32. The number of carbonyl (C=O) groups excluding carboxylic acids is 1. The van der Waals surface area contributed by atoms with E-state index in [1.807, 2.05) is 7.05 Å². The molecular weight excluding hydrogens is 282 g/mol. The highest BCUT2D eigenvalue weighted by Gasteiger charge is 2.45. The highest BCUT2D eigenvalue weighted by atomic mass is 16.6. The first-order chi connectivity index (χ1) is 10.6. The lowest BCUT2D eigenvalue weighted by molar-refractivity contribution is -0.00149. The predicted molar refractivity (Wildman–Crippen MR) is 80.3 cm³/mol. The quantitative estimate of drug-likeness (QED) is 0.857. The molecule has 1 N–H and O–H groups in total. The van der Waals surface area contributed by atoms with E-state index in [-0.39, 0.29) is 11.7 Å². The van der Waals surface area contributed by atoms with Crippen LogP contribution in [0, 0.1) is 0 Å². The van der Waals surface area contributed by atoms with E-state index < -0.39 is 0 Å². The number of hydrogen-bond donors (Lipinski definition) is 1. The van der Waals surface area contributed by atoms with Crippen molar-refractivity contribution in [1.29, 1.82) is 0 Å². The summed E-state index contributed by atoms with van der Waals surface area (Å²) in [7, 11) is 1.81. The molecule has 1 spiro atoms. The molecule has 4 rings (SSSR count). The molecule has 0 bridgehead atoms. The summed E-state index contributed by atoms with van der Waals surface area (Å²) in [6.45, 7) is 6.41. The molecular formula is C15H23N5O2. The zero-order chi connectivity index (χ0) is 15.2. The van der Waals surface area contributed by atoms with Gasteiger partial charge in [0.15, 0.2) is 0 Å². The molecule has 3 aliphatic rings. The van der Waals surface area contributed by atoms with Crippen LogP contribution >= 0.6 is 0 Å². The number of nitrogens with one attached hydrogen (secondary N) is 1. The topological polar surface area (TPSA) is 62.6 Å². The van der Waals surface area contributed by atoms with Gasteiger partial charge in [-0.1, -0.05) is 0 Å². The van der Waals surface area contributed by atoms with Crippen LogP contribution in [0.5, 0.6) is 0 Å². The predicted octanol–water partition coefficient (Wildman–Crippen LogP) is 0.403. The number of ether oxygens (including phenoxy) is 1. The van der Waals surface area contributed by atoms with Crippen molar-refractivity contribution >= 4 is 6.09 Å². The maximum absolute atomic E-state index is 11.6. The van der Waals surface area contributed by atoms with Crippen molar-refractivity contribution in [3.8, 4) is 0 Å². The molecule has 0 saturated carbocycles. The molecule has 2 fully saturated rings. The minimum absolute atomic E-state index is 0.178. The molecule has 7 nitrogen and oxygen atoms in total. The van der Waals surface area contributed by atoms with E-state index in [1.165, 1.54) is 5.69 Å². The summed E-state index contributed by atoms with van der Waals surface area (Å²) in [6, 6.07) is 2.21. The summed E-state index contributed by atoms with van der Waals surface area (Å²) in [5, 5.41) is 8.07. The van der Waals surface area contributed by atoms with Crippen LogP contribution in [0.15, 0.2) is 6.07 Å². The molecule has 3 aliphatic heterocycles. The zero-order valence-corrected chi connectivity index (χ0v) is 13.0. The Labute approximate surface area is 130 Å².